The Labute approximate surface area is 360 Å². The maximum Gasteiger partial charge on any atom is 0.452 e. The van der Waals surface area contributed by atoms with Crippen molar-refractivity contribution in [3.8, 4) is 5.75 Å². The second-order valence-electron chi connectivity index (χ2n) is 16.1. The number of carbonyl (C=O) groups is 5. The number of likely N-dealkylation sites (tertiary alicyclic amines) is 1. The van der Waals surface area contributed by atoms with E-state index in [1.165, 1.54) is 81.6 Å². The third-order valence-electron chi connectivity index (χ3n) is 9.78. The van der Waals surface area contributed by atoms with Crippen molar-refractivity contribution >= 4 is 51.0 Å². The second kappa shape index (κ2) is 19.8. The lowest BCUT2D eigenvalue weighted by Gasteiger charge is -2.31. The molecule has 4 atom stereocenters. The molecule has 0 spiro atoms. The molecule has 1 saturated heterocycles. The summed E-state index contributed by atoms with van der Waals surface area (Å²) >= 11 is 5.91. The van der Waals surface area contributed by atoms with E-state index in [4.69, 9.17) is 21.1 Å². The van der Waals surface area contributed by atoms with Gasteiger partial charge in [0.2, 0.25) is 11.8 Å². The Morgan fingerprint density at radius 2 is 1.47 bits per heavy atom. The molecule has 3 aromatic carbocycles. The van der Waals surface area contributed by atoms with E-state index in [0.29, 0.717) is 21.8 Å². The molecule has 13 nitrogen and oxygen atoms in total. The fraction of sp³-hybridized carbons (Fsp3) is 0.452. The van der Waals surface area contributed by atoms with Crippen LogP contribution in [0.3, 0.4) is 0 Å². The summed E-state index contributed by atoms with van der Waals surface area (Å²) in [6, 6.07) is 10.3. The molecule has 1 fully saturated rings. The summed E-state index contributed by atoms with van der Waals surface area (Å²) in [4.78, 5) is 67.2. The third-order valence-corrected chi connectivity index (χ3v) is 12.1. The van der Waals surface area contributed by atoms with Gasteiger partial charge in [-0.05, 0) is 74.1 Å². The average Bonchev–Trinajstić information content (AvgIpc) is 3.65. The third kappa shape index (κ3) is 13.1. The standard InChI is InChI=1S/C42H48ClF5N4O9S/c1-24(2)34(35(53)42(46,47)48)51-36(54)33-20-31(62(58,59)23-27-14-16-30(60-6)17-15-27)22-52(33)37(55)32(50-38(56)41(44,45)28-8-7-9-29(43)19-28)18-25-10-12-26(13-11-25)21-49-39(57)61-40(3,4)5/h7-17,19,24,31-34H,18,20-23H2,1-6H3,(H,49,57)(H,50,56)(H,51,54)/t31-,32?,33+,34?/m1/s1. The number of rotatable bonds is 16. The number of benzene rings is 3. The van der Waals surface area contributed by atoms with Crippen molar-refractivity contribution in [2.45, 2.75) is 101 Å². The molecule has 62 heavy (non-hydrogen) atoms. The molecule has 0 aliphatic carbocycles. The molecule has 4 rings (SSSR count). The molecular weight excluding hydrogens is 867 g/mol. The number of alkyl carbamates (subject to hydrolysis) is 1. The first-order valence-corrected chi connectivity index (χ1v) is 21.4. The average molecular weight is 915 g/mol. The van der Waals surface area contributed by atoms with E-state index in [9.17, 15) is 45.6 Å². The zero-order chi connectivity index (χ0) is 46.4. The molecule has 1 heterocycles. The highest BCUT2D eigenvalue weighted by Gasteiger charge is 2.50. The Balaban J connectivity index is 1.73. The number of amides is 4. The van der Waals surface area contributed by atoms with E-state index in [1.54, 1.807) is 20.8 Å². The zero-order valence-corrected chi connectivity index (χ0v) is 36.2. The summed E-state index contributed by atoms with van der Waals surface area (Å²) < 4.78 is 110. The number of methoxy groups -OCH3 is 1. The van der Waals surface area contributed by atoms with E-state index in [2.05, 4.69) is 5.32 Å². The van der Waals surface area contributed by atoms with E-state index in [-0.39, 0.29) is 17.1 Å². The molecule has 0 saturated carbocycles. The number of nitrogens with zero attached hydrogens (tertiary/aromatic N) is 1. The monoisotopic (exact) mass is 914 g/mol. The number of ether oxygens (including phenoxy) is 2. The molecule has 2 unspecified atom stereocenters. The number of halogens is 6. The van der Waals surface area contributed by atoms with Crippen molar-refractivity contribution in [1.82, 2.24) is 20.9 Å². The van der Waals surface area contributed by atoms with Gasteiger partial charge in [-0.25, -0.2) is 13.2 Å². The number of sulfone groups is 1. The summed E-state index contributed by atoms with van der Waals surface area (Å²) in [5, 5.41) is 5.01. The minimum absolute atomic E-state index is 0.00527. The number of carbonyl (C=O) groups excluding carboxylic acids is 5. The normalized spacial score (nSPS) is 16.9. The summed E-state index contributed by atoms with van der Waals surface area (Å²) in [5.41, 5.74) is -0.475. The van der Waals surface area contributed by atoms with Crippen LogP contribution in [0.1, 0.15) is 63.3 Å². The fourth-order valence-corrected chi connectivity index (χ4v) is 8.51. The van der Waals surface area contributed by atoms with Gasteiger partial charge in [0, 0.05) is 30.1 Å². The van der Waals surface area contributed by atoms with Gasteiger partial charge in [0.1, 0.15) is 23.4 Å². The van der Waals surface area contributed by atoms with Gasteiger partial charge < -0.3 is 30.3 Å². The topological polar surface area (TPSA) is 177 Å². The van der Waals surface area contributed by atoms with Gasteiger partial charge in [-0.15, -0.1) is 0 Å². The number of hydrogen-bond acceptors (Lipinski definition) is 9. The highest BCUT2D eigenvalue weighted by atomic mass is 35.5. The maximum atomic E-state index is 15.7. The summed E-state index contributed by atoms with van der Waals surface area (Å²) in [7, 11) is -2.86. The van der Waals surface area contributed by atoms with Crippen LogP contribution in [0.5, 0.6) is 5.75 Å². The molecule has 1 aliphatic heterocycles. The van der Waals surface area contributed by atoms with Gasteiger partial charge in [0.25, 0.3) is 11.7 Å². The molecule has 20 heteroatoms. The molecule has 4 amide bonds. The van der Waals surface area contributed by atoms with E-state index < -0.39 is 117 Å². The largest absolute Gasteiger partial charge is 0.497 e. The van der Waals surface area contributed by atoms with Crippen molar-refractivity contribution < 1.29 is 63.8 Å². The van der Waals surface area contributed by atoms with Crippen LogP contribution in [0.2, 0.25) is 5.02 Å². The fourth-order valence-electron chi connectivity index (χ4n) is 6.56. The maximum absolute atomic E-state index is 15.7. The Kier molecular flexibility index (Phi) is 15.8. The predicted octanol–water partition coefficient (Wildman–Crippen LogP) is 6.05. The van der Waals surface area contributed by atoms with Crippen molar-refractivity contribution in [3.63, 3.8) is 0 Å². The van der Waals surface area contributed by atoms with Crippen LogP contribution in [-0.2, 0) is 58.4 Å². The summed E-state index contributed by atoms with van der Waals surface area (Å²) in [6.45, 7) is 6.78. The predicted molar refractivity (Wildman–Crippen MR) is 218 cm³/mol. The molecule has 338 valence electrons. The van der Waals surface area contributed by atoms with Crippen LogP contribution in [0, 0.1) is 5.92 Å². The molecule has 3 aromatic rings. The lowest BCUT2D eigenvalue weighted by Crippen LogP contribution is -2.58. The number of hydrogen-bond donors (Lipinski definition) is 3. The van der Waals surface area contributed by atoms with Crippen molar-refractivity contribution in [2.75, 3.05) is 13.7 Å². The second-order valence-corrected chi connectivity index (χ2v) is 18.8. The van der Waals surface area contributed by atoms with Gasteiger partial charge in [-0.3, -0.25) is 19.2 Å². The van der Waals surface area contributed by atoms with Crippen LogP contribution >= 0.6 is 11.6 Å². The summed E-state index contributed by atoms with van der Waals surface area (Å²) in [5.74, 6) is -12.4. The smallest absolute Gasteiger partial charge is 0.452 e. The van der Waals surface area contributed by atoms with Crippen LogP contribution in [-0.4, -0.2) is 91.7 Å². The van der Waals surface area contributed by atoms with Gasteiger partial charge >= 0.3 is 18.2 Å². The molecule has 1 aliphatic rings. The van der Waals surface area contributed by atoms with Crippen LogP contribution in [0.15, 0.2) is 72.8 Å². The Morgan fingerprint density at radius 1 is 0.871 bits per heavy atom. The minimum Gasteiger partial charge on any atom is -0.497 e. The van der Waals surface area contributed by atoms with Gasteiger partial charge in [-0.1, -0.05) is 74.0 Å². The van der Waals surface area contributed by atoms with E-state index >= 15 is 8.78 Å². The Hall–Kier alpha value is -5.30. The highest BCUT2D eigenvalue weighted by molar-refractivity contribution is 7.91. The lowest BCUT2D eigenvalue weighted by molar-refractivity contribution is -0.175. The zero-order valence-electron chi connectivity index (χ0n) is 34.6. The molecule has 0 bridgehead atoms. The minimum atomic E-state index is -5.37. The number of alkyl halides is 5. The first-order chi connectivity index (χ1) is 28.7. The van der Waals surface area contributed by atoms with Gasteiger partial charge in [0.05, 0.1) is 24.2 Å². The van der Waals surface area contributed by atoms with Crippen molar-refractivity contribution in [1.29, 1.82) is 0 Å². The quantitative estimate of drug-likeness (QED) is 0.145. The first-order valence-electron chi connectivity index (χ1n) is 19.3. The Morgan fingerprint density at radius 3 is 2.02 bits per heavy atom. The molecule has 0 radical (unpaired) electrons. The van der Waals surface area contributed by atoms with E-state index in [0.717, 1.165) is 12.1 Å². The van der Waals surface area contributed by atoms with Crippen LogP contribution < -0.4 is 20.7 Å². The van der Waals surface area contributed by atoms with Crippen molar-refractivity contribution in [3.05, 3.63) is 100 Å². The number of ketones is 1. The SMILES string of the molecule is COc1ccc(CS(=O)(=O)[C@@H]2C[C@@H](C(=O)NC(C(=O)C(F)(F)F)C(C)C)N(C(=O)C(Cc3ccc(CNC(=O)OC(C)(C)C)cc3)NC(=O)C(F)(F)c3cccc(Cl)c3)C2)cc1. The lowest BCUT2D eigenvalue weighted by atomic mass is 9.98. The highest BCUT2D eigenvalue weighted by Crippen LogP contribution is 2.32. The first kappa shape index (κ1) is 49.4. The molecular formula is C42H48ClF5N4O9S. The van der Waals surface area contributed by atoms with Gasteiger partial charge in [0.15, 0.2) is 9.84 Å². The number of nitrogens with one attached hydrogen (secondary N) is 3. The van der Waals surface area contributed by atoms with Crippen LogP contribution in [0.25, 0.3) is 0 Å². The van der Waals surface area contributed by atoms with Crippen molar-refractivity contribution in [2.24, 2.45) is 5.92 Å². The van der Waals surface area contributed by atoms with Crippen LogP contribution in [0.4, 0.5) is 26.7 Å². The molecule has 0 aromatic heterocycles. The molecule has 3 N–H and O–H groups in total. The van der Waals surface area contributed by atoms with Gasteiger partial charge in [-0.2, -0.15) is 22.0 Å². The van der Waals surface area contributed by atoms with E-state index in [1.807, 2.05) is 10.6 Å². The summed E-state index contributed by atoms with van der Waals surface area (Å²) in [6.07, 6.45) is -7.24. The Bertz CT molecular complexity index is 2220. The number of Topliss-reactive ketones (excluding diaryl/α,β-unsaturated/α-hetero) is 1.